The molecule has 0 saturated heterocycles. The predicted molar refractivity (Wildman–Crippen MR) is 132 cm³/mol. The molecule has 0 unspecified atom stereocenters. The Balaban J connectivity index is 1.38. The van der Waals surface area contributed by atoms with Crippen molar-refractivity contribution in [1.29, 1.82) is 0 Å². The van der Waals surface area contributed by atoms with Gasteiger partial charge in [-0.3, -0.25) is 4.79 Å². The van der Waals surface area contributed by atoms with E-state index in [1.165, 1.54) is 15.2 Å². The Morgan fingerprint density at radius 1 is 1.14 bits per heavy atom. The molecule has 35 heavy (non-hydrogen) atoms. The van der Waals surface area contributed by atoms with Gasteiger partial charge in [0, 0.05) is 17.5 Å². The van der Waals surface area contributed by atoms with Gasteiger partial charge in [0.1, 0.15) is 6.61 Å². The highest BCUT2D eigenvalue weighted by atomic mass is 32.2. The minimum Gasteiger partial charge on any atom is -0.488 e. The van der Waals surface area contributed by atoms with Crippen LogP contribution in [0.25, 0.3) is 0 Å². The zero-order chi connectivity index (χ0) is 24.6. The second kappa shape index (κ2) is 9.72. The number of amides is 1. The molecule has 3 aromatic rings. The van der Waals surface area contributed by atoms with E-state index in [0.29, 0.717) is 13.0 Å². The largest absolute Gasteiger partial charge is 0.488 e. The average Bonchev–Trinajstić information content (AvgIpc) is 3.57. The van der Waals surface area contributed by atoms with E-state index in [2.05, 4.69) is 0 Å². The van der Waals surface area contributed by atoms with Crippen molar-refractivity contribution in [2.45, 2.75) is 43.2 Å². The Hall–Kier alpha value is -2.75. The van der Waals surface area contributed by atoms with Gasteiger partial charge in [-0.25, -0.2) is 12.8 Å². The van der Waals surface area contributed by atoms with Crippen LogP contribution in [0.1, 0.15) is 34.9 Å². The zero-order valence-electron chi connectivity index (χ0n) is 19.4. The lowest BCUT2D eigenvalue weighted by Gasteiger charge is -2.37. The lowest BCUT2D eigenvalue weighted by Crippen LogP contribution is -2.48. The molecule has 6 nitrogen and oxygen atoms in total. The number of halogens is 1. The summed E-state index contributed by atoms with van der Waals surface area (Å²) in [5, 5.41) is 1.98. The van der Waals surface area contributed by atoms with E-state index in [4.69, 9.17) is 4.74 Å². The number of nitrogens with zero attached hydrogens (tertiary/aromatic N) is 2. The number of carbonyl (C=O) groups is 1. The van der Waals surface area contributed by atoms with E-state index >= 15 is 0 Å². The average molecular weight is 515 g/mol. The van der Waals surface area contributed by atoms with E-state index < -0.39 is 21.9 Å². The fraction of sp³-hybridized carbons (Fsp3) is 0.346. The summed E-state index contributed by atoms with van der Waals surface area (Å²) < 4.78 is 48.1. The highest BCUT2D eigenvalue weighted by molar-refractivity contribution is 7.89. The summed E-state index contributed by atoms with van der Waals surface area (Å²) in [4.78, 5) is 16.6. The van der Waals surface area contributed by atoms with Crippen molar-refractivity contribution in [3.63, 3.8) is 0 Å². The second-order valence-electron chi connectivity index (χ2n) is 8.99. The lowest BCUT2D eigenvalue weighted by atomic mass is 10.0. The van der Waals surface area contributed by atoms with Gasteiger partial charge in [0.05, 0.1) is 17.5 Å². The van der Waals surface area contributed by atoms with Crippen LogP contribution >= 0.6 is 11.3 Å². The number of para-hydroxylation sites is 1. The lowest BCUT2D eigenvalue weighted by molar-refractivity contribution is -0.135. The van der Waals surface area contributed by atoms with Crippen LogP contribution in [0.15, 0.2) is 64.9 Å². The number of ether oxygens (including phenoxy) is 1. The van der Waals surface area contributed by atoms with Crippen LogP contribution < -0.4 is 4.74 Å². The first-order valence-electron chi connectivity index (χ1n) is 11.7. The topological polar surface area (TPSA) is 66.9 Å². The van der Waals surface area contributed by atoms with Crippen LogP contribution in [0, 0.1) is 12.7 Å². The van der Waals surface area contributed by atoms with Gasteiger partial charge in [0.2, 0.25) is 15.9 Å². The van der Waals surface area contributed by atoms with Crippen LogP contribution in [-0.4, -0.2) is 49.3 Å². The zero-order valence-corrected chi connectivity index (χ0v) is 21.0. The summed E-state index contributed by atoms with van der Waals surface area (Å²) in [7, 11) is -3.81. The number of rotatable bonds is 8. The van der Waals surface area contributed by atoms with Gasteiger partial charge in [-0.1, -0.05) is 29.8 Å². The second-order valence-corrected chi connectivity index (χ2v) is 11.9. The number of aryl methyl sites for hydroxylation is 1. The van der Waals surface area contributed by atoms with Gasteiger partial charge in [-0.2, -0.15) is 4.31 Å². The highest BCUT2D eigenvalue weighted by Gasteiger charge is 2.41. The maximum atomic E-state index is 14.1. The molecule has 1 aliphatic heterocycles. The maximum Gasteiger partial charge on any atom is 0.243 e. The minimum absolute atomic E-state index is 0.0878. The van der Waals surface area contributed by atoms with Gasteiger partial charge >= 0.3 is 0 Å². The first-order valence-corrected chi connectivity index (χ1v) is 14.0. The molecule has 0 N–H and O–H groups in total. The summed E-state index contributed by atoms with van der Waals surface area (Å²) in [6.45, 7) is 2.22. The molecule has 1 amide bonds. The molecule has 184 valence electrons. The van der Waals surface area contributed by atoms with Crippen LogP contribution in [-0.2, 0) is 21.2 Å². The van der Waals surface area contributed by atoms with Crippen molar-refractivity contribution >= 4 is 27.3 Å². The fourth-order valence-electron chi connectivity index (χ4n) is 4.45. The molecule has 2 aliphatic rings. The number of carbonyl (C=O) groups excluding carboxylic acids is 1. The van der Waals surface area contributed by atoms with Gasteiger partial charge in [0.15, 0.2) is 11.6 Å². The van der Waals surface area contributed by atoms with Crippen molar-refractivity contribution in [2.75, 3.05) is 19.7 Å². The van der Waals surface area contributed by atoms with Crippen molar-refractivity contribution < 1.29 is 22.3 Å². The van der Waals surface area contributed by atoms with E-state index in [1.807, 2.05) is 18.4 Å². The van der Waals surface area contributed by atoms with E-state index in [9.17, 15) is 17.6 Å². The van der Waals surface area contributed by atoms with Crippen LogP contribution in [0.2, 0.25) is 0 Å². The van der Waals surface area contributed by atoms with Crippen molar-refractivity contribution in [3.05, 3.63) is 81.8 Å². The standard InChI is InChI=1S/C26H27FN2O4S2/c1-18-6-10-20(11-7-18)35(31,32)29(19-8-9-19)16-26(30)28-14-12-25-21(13-15-34-25)23(28)17-33-24-5-3-2-4-22(24)27/h2-7,10-11,13,15,19,23H,8-9,12,14,16-17H2,1H3/t23-/m1/s1. The van der Waals surface area contributed by atoms with Gasteiger partial charge in [0.25, 0.3) is 0 Å². The third-order valence-electron chi connectivity index (χ3n) is 6.52. The summed E-state index contributed by atoms with van der Waals surface area (Å²) in [6, 6.07) is 14.3. The number of fused-ring (bicyclic) bond motifs is 1. The number of benzene rings is 2. The van der Waals surface area contributed by atoms with E-state index in [0.717, 1.165) is 24.0 Å². The summed E-state index contributed by atoms with van der Waals surface area (Å²) in [6.07, 6.45) is 2.18. The molecule has 0 bridgehead atoms. The molecular weight excluding hydrogens is 487 g/mol. The molecule has 2 aromatic carbocycles. The smallest absolute Gasteiger partial charge is 0.243 e. The highest BCUT2D eigenvalue weighted by Crippen LogP contribution is 2.36. The van der Waals surface area contributed by atoms with Crippen LogP contribution in [0.3, 0.4) is 0 Å². The normalized spacial score (nSPS) is 17.9. The van der Waals surface area contributed by atoms with Gasteiger partial charge < -0.3 is 9.64 Å². The maximum absolute atomic E-state index is 14.1. The molecule has 1 atom stereocenters. The molecule has 1 aliphatic carbocycles. The molecule has 5 rings (SSSR count). The number of hydrogen-bond donors (Lipinski definition) is 0. The van der Waals surface area contributed by atoms with E-state index in [1.54, 1.807) is 58.7 Å². The number of thiophene rings is 1. The summed E-state index contributed by atoms with van der Waals surface area (Å²) in [5.41, 5.74) is 1.95. The monoisotopic (exact) mass is 514 g/mol. The van der Waals surface area contributed by atoms with Gasteiger partial charge in [-0.15, -0.1) is 11.3 Å². The quantitative estimate of drug-likeness (QED) is 0.442. The first kappa shape index (κ1) is 24.0. The third-order valence-corrected chi connectivity index (χ3v) is 9.43. The molecular formula is C26H27FN2O4S2. The summed E-state index contributed by atoms with van der Waals surface area (Å²) in [5.74, 6) is -0.605. The van der Waals surface area contributed by atoms with Crippen molar-refractivity contribution in [3.8, 4) is 5.75 Å². The van der Waals surface area contributed by atoms with Gasteiger partial charge in [-0.05, 0) is 67.5 Å². The molecule has 0 radical (unpaired) electrons. The van der Waals surface area contributed by atoms with E-state index in [-0.39, 0.29) is 35.7 Å². The fourth-order valence-corrected chi connectivity index (χ4v) is 7.01. The molecule has 2 heterocycles. The molecule has 1 aromatic heterocycles. The Labute approximate surface area is 209 Å². The SMILES string of the molecule is Cc1ccc(S(=O)(=O)N(CC(=O)N2CCc3sccc3[C@H]2COc2ccccc2F)C2CC2)cc1. The Bertz CT molecular complexity index is 1320. The Morgan fingerprint density at radius 3 is 2.60 bits per heavy atom. The van der Waals surface area contributed by atoms with Crippen molar-refractivity contribution in [1.82, 2.24) is 9.21 Å². The number of sulfonamides is 1. The molecule has 0 spiro atoms. The summed E-state index contributed by atoms with van der Waals surface area (Å²) >= 11 is 1.63. The Kier molecular flexibility index (Phi) is 6.65. The van der Waals surface area contributed by atoms with Crippen molar-refractivity contribution in [2.24, 2.45) is 0 Å². The molecule has 1 saturated carbocycles. The third kappa shape index (κ3) is 4.98. The minimum atomic E-state index is -3.81. The Morgan fingerprint density at radius 2 is 1.89 bits per heavy atom. The van der Waals surface area contributed by atoms with Crippen LogP contribution in [0.5, 0.6) is 5.75 Å². The molecule has 9 heteroatoms. The first-order chi connectivity index (χ1) is 16.8. The number of hydrogen-bond acceptors (Lipinski definition) is 5. The predicted octanol–water partition coefficient (Wildman–Crippen LogP) is 4.55. The molecule has 1 fully saturated rings. The van der Waals surface area contributed by atoms with Crippen LogP contribution in [0.4, 0.5) is 4.39 Å².